The van der Waals surface area contributed by atoms with Gasteiger partial charge in [0.15, 0.2) is 5.65 Å². The SMILES string of the molecule is CC(C)(C)OC(=O)NCCCc1cccc2c1nc(CNc1nc(N3CCOCC3)nc3c(Br)cnn13)n2COCC[Si](C)(C)C. The van der Waals surface area contributed by atoms with Crippen LogP contribution in [0.3, 0.4) is 0 Å². The quantitative estimate of drug-likeness (QED) is 0.136. The number of benzene rings is 1. The van der Waals surface area contributed by atoms with Crippen LogP contribution >= 0.6 is 15.9 Å². The highest BCUT2D eigenvalue weighted by atomic mass is 79.9. The van der Waals surface area contributed by atoms with Crippen molar-refractivity contribution < 1.29 is 19.0 Å². The molecule has 3 aromatic heterocycles. The third kappa shape index (κ3) is 8.95. The fourth-order valence-electron chi connectivity index (χ4n) is 5.07. The minimum atomic E-state index is -1.24. The maximum Gasteiger partial charge on any atom is 0.407 e. The fourth-order valence-corrected chi connectivity index (χ4v) is 6.17. The van der Waals surface area contributed by atoms with Crippen LogP contribution in [0, 0.1) is 0 Å². The summed E-state index contributed by atoms with van der Waals surface area (Å²) in [5.74, 6) is 2.03. The summed E-state index contributed by atoms with van der Waals surface area (Å²) in [6.45, 7) is 17.4. The molecule has 0 aliphatic carbocycles. The fraction of sp³-hybridized carbons (Fsp3) is 0.581. The molecule has 0 saturated carbocycles. The van der Waals surface area contributed by atoms with Gasteiger partial charge in [-0.15, -0.1) is 0 Å². The van der Waals surface area contributed by atoms with Gasteiger partial charge in [0.1, 0.15) is 18.2 Å². The molecule has 2 N–H and O–H groups in total. The molecule has 1 amide bonds. The number of nitrogens with one attached hydrogen (secondary N) is 2. The number of hydrogen-bond acceptors (Lipinski definition) is 10. The number of para-hydroxylation sites is 1. The number of rotatable bonds is 13. The Morgan fingerprint density at radius 1 is 1.13 bits per heavy atom. The van der Waals surface area contributed by atoms with Gasteiger partial charge in [0.2, 0.25) is 11.9 Å². The van der Waals surface area contributed by atoms with E-state index in [1.165, 1.54) is 0 Å². The second-order valence-electron chi connectivity index (χ2n) is 13.6. The van der Waals surface area contributed by atoms with Gasteiger partial charge in [-0.2, -0.15) is 19.6 Å². The molecule has 250 valence electrons. The molecule has 13 nitrogen and oxygen atoms in total. The summed E-state index contributed by atoms with van der Waals surface area (Å²) in [6, 6.07) is 7.32. The molecular weight excluding hydrogens is 670 g/mol. The minimum Gasteiger partial charge on any atom is -0.444 e. The highest BCUT2D eigenvalue weighted by Gasteiger charge is 2.21. The molecule has 1 fully saturated rings. The third-order valence-electron chi connectivity index (χ3n) is 7.46. The van der Waals surface area contributed by atoms with Crippen molar-refractivity contribution in [1.82, 2.24) is 34.4 Å². The molecule has 1 aliphatic heterocycles. The Labute approximate surface area is 279 Å². The van der Waals surface area contributed by atoms with Gasteiger partial charge in [-0.25, -0.2) is 9.78 Å². The molecule has 0 unspecified atom stereocenters. The predicted octanol–water partition coefficient (Wildman–Crippen LogP) is 5.45. The van der Waals surface area contributed by atoms with Crippen molar-refractivity contribution in [2.45, 2.75) is 78.2 Å². The normalized spacial score (nSPS) is 14.3. The lowest BCUT2D eigenvalue weighted by molar-refractivity contribution is 0.0527. The van der Waals surface area contributed by atoms with Crippen LogP contribution in [0.15, 0.2) is 28.9 Å². The number of nitrogens with zero attached hydrogens (tertiary/aromatic N) is 7. The number of anilines is 2. The van der Waals surface area contributed by atoms with Gasteiger partial charge in [0.05, 0.1) is 41.5 Å². The first-order chi connectivity index (χ1) is 21.9. The van der Waals surface area contributed by atoms with Crippen LogP contribution in [0.1, 0.15) is 38.6 Å². The largest absolute Gasteiger partial charge is 0.444 e. The summed E-state index contributed by atoms with van der Waals surface area (Å²) in [5.41, 5.74) is 3.20. The smallest absolute Gasteiger partial charge is 0.407 e. The number of alkyl carbamates (subject to hydrolysis) is 1. The lowest BCUT2D eigenvalue weighted by Crippen LogP contribution is -2.37. The number of aromatic nitrogens is 6. The van der Waals surface area contributed by atoms with Crippen molar-refractivity contribution in [1.29, 1.82) is 0 Å². The average molecular weight is 717 g/mol. The minimum absolute atomic E-state index is 0.396. The zero-order valence-corrected chi connectivity index (χ0v) is 30.3. The van der Waals surface area contributed by atoms with Gasteiger partial charge < -0.3 is 34.3 Å². The van der Waals surface area contributed by atoms with Gasteiger partial charge in [-0.1, -0.05) is 31.8 Å². The van der Waals surface area contributed by atoms with Gasteiger partial charge in [-0.3, -0.25) is 0 Å². The Hall–Kier alpha value is -3.27. The first-order valence-corrected chi connectivity index (χ1v) is 20.4. The maximum atomic E-state index is 12.1. The summed E-state index contributed by atoms with van der Waals surface area (Å²) in [6.07, 6.45) is 2.83. The van der Waals surface area contributed by atoms with Crippen molar-refractivity contribution in [2.24, 2.45) is 0 Å². The first-order valence-electron chi connectivity index (χ1n) is 15.9. The third-order valence-corrected chi connectivity index (χ3v) is 9.72. The molecule has 1 saturated heterocycles. The van der Waals surface area contributed by atoms with Crippen LogP contribution in [0.2, 0.25) is 25.7 Å². The number of aryl methyl sites for hydroxylation is 1. The highest BCUT2D eigenvalue weighted by Crippen LogP contribution is 2.25. The summed E-state index contributed by atoms with van der Waals surface area (Å²) < 4.78 is 21.8. The van der Waals surface area contributed by atoms with Crippen LogP contribution in [-0.2, 0) is 33.9 Å². The Morgan fingerprint density at radius 2 is 1.91 bits per heavy atom. The van der Waals surface area contributed by atoms with E-state index >= 15 is 0 Å². The first kappa shape index (κ1) is 34.1. The van der Waals surface area contributed by atoms with E-state index in [9.17, 15) is 4.79 Å². The predicted molar refractivity (Wildman–Crippen MR) is 185 cm³/mol. The number of carbonyl (C=O) groups is 1. The van der Waals surface area contributed by atoms with Crippen molar-refractivity contribution in [3.05, 3.63) is 40.3 Å². The number of halogens is 1. The van der Waals surface area contributed by atoms with Crippen LogP contribution in [0.4, 0.5) is 16.7 Å². The highest BCUT2D eigenvalue weighted by molar-refractivity contribution is 9.10. The summed E-state index contributed by atoms with van der Waals surface area (Å²) in [7, 11) is -1.24. The Bertz CT molecular complexity index is 1640. The number of fused-ring (bicyclic) bond motifs is 2. The van der Waals surface area contributed by atoms with Gasteiger partial charge in [-0.05, 0) is 67.2 Å². The van der Waals surface area contributed by atoms with E-state index in [1.54, 1.807) is 10.7 Å². The Balaban J connectivity index is 1.37. The average Bonchev–Trinajstić information content (AvgIpc) is 3.55. The molecule has 0 radical (unpaired) electrons. The van der Waals surface area contributed by atoms with E-state index < -0.39 is 19.8 Å². The second-order valence-corrected chi connectivity index (χ2v) is 20.1. The molecular formula is C31H46BrN9O4Si. The molecule has 1 aliphatic rings. The monoisotopic (exact) mass is 715 g/mol. The van der Waals surface area contributed by atoms with Crippen molar-refractivity contribution >= 4 is 58.7 Å². The van der Waals surface area contributed by atoms with Crippen molar-refractivity contribution in [3.8, 4) is 0 Å². The lowest BCUT2D eigenvalue weighted by atomic mass is 10.1. The van der Waals surface area contributed by atoms with Crippen LogP contribution in [0.25, 0.3) is 16.7 Å². The molecule has 0 bridgehead atoms. The zero-order chi connectivity index (χ0) is 32.9. The van der Waals surface area contributed by atoms with E-state index in [1.807, 2.05) is 20.8 Å². The second kappa shape index (κ2) is 14.7. The molecule has 5 rings (SSSR count). The molecule has 15 heteroatoms. The van der Waals surface area contributed by atoms with Crippen molar-refractivity contribution in [3.63, 3.8) is 0 Å². The van der Waals surface area contributed by atoms with Crippen LogP contribution < -0.4 is 15.5 Å². The molecule has 4 heterocycles. The molecule has 4 aromatic rings. The van der Waals surface area contributed by atoms with Gasteiger partial charge >= 0.3 is 6.09 Å². The summed E-state index contributed by atoms with van der Waals surface area (Å²) in [5, 5.41) is 10.9. The van der Waals surface area contributed by atoms with Crippen LogP contribution in [0.5, 0.6) is 0 Å². The number of hydrogen-bond donors (Lipinski definition) is 2. The topological polar surface area (TPSA) is 133 Å². The van der Waals surface area contributed by atoms with Crippen molar-refractivity contribution in [2.75, 3.05) is 49.7 Å². The molecule has 0 spiro atoms. The van der Waals surface area contributed by atoms with E-state index in [4.69, 9.17) is 29.2 Å². The van der Waals surface area contributed by atoms with E-state index in [0.29, 0.717) is 57.2 Å². The standard InChI is InChI=1S/C31H46BrN9O4Si/c1-31(2,3)45-30(42)33-12-8-10-22-9-7-11-24-26(22)36-25(40(24)21-44-17-18-46(4,5)6)20-34-28-38-29(39-13-15-43-16-14-39)37-27-23(32)19-35-41(27)28/h7,9,11,19H,8,10,12-18,20-21H2,1-6H3,(H,33,42)(H,34,37,38). The molecule has 0 atom stereocenters. The van der Waals surface area contributed by atoms with E-state index in [0.717, 1.165) is 58.9 Å². The Kier molecular flexibility index (Phi) is 10.9. The van der Waals surface area contributed by atoms with E-state index in [2.05, 4.69) is 79.0 Å². The molecule has 46 heavy (non-hydrogen) atoms. The number of imidazole rings is 1. The zero-order valence-electron chi connectivity index (χ0n) is 27.7. The number of amides is 1. The summed E-state index contributed by atoms with van der Waals surface area (Å²) in [4.78, 5) is 29.0. The van der Waals surface area contributed by atoms with Gasteiger partial charge in [0, 0.05) is 34.3 Å². The number of carbonyl (C=O) groups excluding carboxylic acids is 1. The Morgan fingerprint density at radius 3 is 2.65 bits per heavy atom. The summed E-state index contributed by atoms with van der Waals surface area (Å²) >= 11 is 3.59. The molecule has 1 aromatic carbocycles. The number of ether oxygens (including phenoxy) is 3. The van der Waals surface area contributed by atoms with Crippen LogP contribution in [-0.4, -0.2) is 88.4 Å². The maximum absolute atomic E-state index is 12.1. The van der Waals surface area contributed by atoms with Gasteiger partial charge in [0.25, 0.3) is 0 Å². The number of morpholine rings is 1. The van der Waals surface area contributed by atoms with E-state index in [-0.39, 0.29) is 0 Å². The lowest BCUT2D eigenvalue weighted by Gasteiger charge is -2.27.